The lowest BCUT2D eigenvalue weighted by atomic mass is 10.0. The highest BCUT2D eigenvalue weighted by Gasteiger charge is 2.11. The number of halogens is 1. The van der Waals surface area contributed by atoms with Gasteiger partial charge in [-0.15, -0.1) is 0 Å². The third kappa shape index (κ3) is 3.46. The van der Waals surface area contributed by atoms with E-state index in [9.17, 15) is 9.90 Å². The summed E-state index contributed by atoms with van der Waals surface area (Å²) < 4.78 is 4.82. The van der Waals surface area contributed by atoms with Crippen LogP contribution in [0.5, 0.6) is 5.75 Å². The van der Waals surface area contributed by atoms with E-state index >= 15 is 0 Å². The van der Waals surface area contributed by atoms with Crippen LogP contribution in [0.3, 0.4) is 0 Å². The maximum atomic E-state index is 11.3. The van der Waals surface area contributed by atoms with Gasteiger partial charge < -0.3 is 9.84 Å². The first-order valence-electron chi connectivity index (χ1n) is 5.08. The molecule has 0 aliphatic heterocycles. The quantitative estimate of drug-likeness (QED) is 0.684. The number of phenolic OH excluding ortho intramolecular Hbond substituents is 1. The number of aromatic hydroxyl groups is 1. The Balaban J connectivity index is 3.00. The van der Waals surface area contributed by atoms with Crippen molar-refractivity contribution in [3.8, 4) is 11.8 Å². The van der Waals surface area contributed by atoms with Crippen molar-refractivity contribution in [1.82, 2.24) is 0 Å². The van der Waals surface area contributed by atoms with Crippen LogP contribution in [0.4, 0.5) is 0 Å². The normalized spacial score (nSPS) is 9.71. The smallest absolute Gasteiger partial charge is 0.310 e. The molecule has 0 atom stereocenters. The number of alkyl halides is 1. The van der Waals surface area contributed by atoms with Crippen LogP contribution in [-0.2, 0) is 21.3 Å². The second kappa shape index (κ2) is 6.26. The first kappa shape index (κ1) is 13.5. The molecular weight excluding hydrogens is 286 g/mol. The summed E-state index contributed by atoms with van der Waals surface area (Å²) in [6.45, 7) is 2.06. The van der Waals surface area contributed by atoms with Crippen molar-refractivity contribution in [2.75, 3.05) is 6.61 Å². The fourth-order valence-electron chi connectivity index (χ4n) is 1.47. The molecule has 0 spiro atoms. The van der Waals surface area contributed by atoms with Gasteiger partial charge in [-0.05, 0) is 24.1 Å². The molecule has 0 heterocycles. The molecule has 4 nitrogen and oxygen atoms in total. The minimum absolute atomic E-state index is 0.0904. The number of nitrogens with zero attached hydrogens (tertiary/aromatic N) is 1. The molecule has 0 aromatic heterocycles. The first-order chi connectivity index (χ1) is 8.12. The Bertz CT molecular complexity index is 466. The summed E-state index contributed by atoms with van der Waals surface area (Å²) in [6.07, 6.45) is 0.0904. The van der Waals surface area contributed by atoms with Crippen molar-refractivity contribution in [2.24, 2.45) is 0 Å². The molecule has 17 heavy (non-hydrogen) atoms. The number of benzene rings is 1. The van der Waals surface area contributed by atoms with E-state index in [-0.39, 0.29) is 23.7 Å². The molecular formula is C12H12BrNO3. The molecule has 5 heteroatoms. The molecule has 0 unspecified atom stereocenters. The summed E-state index contributed by atoms with van der Waals surface area (Å²) in [5.41, 5.74) is 1.52. The van der Waals surface area contributed by atoms with Crippen molar-refractivity contribution in [2.45, 2.75) is 18.7 Å². The Labute approximate surface area is 108 Å². The van der Waals surface area contributed by atoms with Gasteiger partial charge in [0.15, 0.2) is 0 Å². The maximum absolute atomic E-state index is 11.3. The van der Waals surface area contributed by atoms with Crippen molar-refractivity contribution >= 4 is 21.9 Å². The highest BCUT2D eigenvalue weighted by Crippen LogP contribution is 2.25. The topological polar surface area (TPSA) is 70.3 Å². The number of carbonyl (C=O) groups is 1. The number of rotatable bonds is 4. The van der Waals surface area contributed by atoms with Gasteiger partial charge in [-0.1, -0.05) is 22.0 Å². The lowest BCUT2D eigenvalue weighted by molar-refractivity contribution is -0.142. The van der Waals surface area contributed by atoms with Crippen molar-refractivity contribution in [1.29, 1.82) is 5.26 Å². The Morgan fingerprint density at radius 1 is 1.59 bits per heavy atom. The van der Waals surface area contributed by atoms with Gasteiger partial charge in [0.2, 0.25) is 0 Å². The van der Waals surface area contributed by atoms with E-state index in [2.05, 4.69) is 15.9 Å². The van der Waals surface area contributed by atoms with Crippen LogP contribution >= 0.6 is 15.9 Å². The Hall–Kier alpha value is -1.54. The molecule has 0 radical (unpaired) electrons. The summed E-state index contributed by atoms with van der Waals surface area (Å²) >= 11 is 3.24. The largest absolute Gasteiger partial charge is 0.507 e. The molecule has 0 bridgehead atoms. The summed E-state index contributed by atoms with van der Waals surface area (Å²) in [4.78, 5) is 11.3. The van der Waals surface area contributed by atoms with E-state index in [1.807, 2.05) is 6.07 Å². The summed E-state index contributed by atoms with van der Waals surface area (Å²) in [5, 5.41) is 19.0. The number of hydrogen-bond donors (Lipinski definition) is 1. The standard InChI is InChI=1S/C12H12BrNO3/c1-2-17-12(16)5-8-3-9(6-13)10(7-14)11(15)4-8/h3-4,15H,2,5-6H2,1H3. The summed E-state index contributed by atoms with van der Waals surface area (Å²) in [5.74, 6) is -0.458. The molecule has 1 N–H and O–H groups in total. The average molecular weight is 298 g/mol. The van der Waals surface area contributed by atoms with Gasteiger partial charge >= 0.3 is 5.97 Å². The SMILES string of the molecule is CCOC(=O)Cc1cc(O)c(C#N)c(CBr)c1. The number of hydrogen-bond acceptors (Lipinski definition) is 4. The Morgan fingerprint density at radius 2 is 2.29 bits per heavy atom. The van der Waals surface area contributed by atoms with E-state index in [1.165, 1.54) is 6.07 Å². The second-order valence-electron chi connectivity index (χ2n) is 3.38. The van der Waals surface area contributed by atoms with E-state index in [0.717, 1.165) is 0 Å². The van der Waals surface area contributed by atoms with Crippen LogP contribution in [0.15, 0.2) is 12.1 Å². The molecule has 0 saturated carbocycles. The van der Waals surface area contributed by atoms with Gasteiger partial charge in [0.05, 0.1) is 18.6 Å². The lowest BCUT2D eigenvalue weighted by Gasteiger charge is -2.07. The zero-order chi connectivity index (χ0) is 12.8. The van der Waals surface area contributed by atoms with Gasteiger partial charge in [0, 0.05) is 5.33 Å². The van der Waals surface area contributed by atoms with Crippen molar-refractivity contribution in [3.05, 3.63) is 28.8 Å². The number of esters is 1. The molecule has 0 fully saturated rings. The number of ether oxygens (including phenoxy) is 1. The minimum Gasteiger partial charge on any atom is -0.507 e. The highest BCUT2D eigenvalue weighted by atomic mass is 79.9. The maximum Gasteiger partial charge on any atom is 0.310 e. The molecule has 1 rings (SSSR count). The average Bonchev–Trinajstić information content (AvgIpc) is 2.28. The fraction of sp³-hybridized carbons (Fsp3) is 0.333. The predicted octanol–water partition coefficient (Wildman–Crippen LogP) is 2.26. The number of carbonyl (C=O) groups excluding carboxylic acids is 1. The zero-order valence-corrected chi connectivity index (χ0v) is 11.0. The molecule has 1 aromatic rings. The van der Waals surface area contributed by atoms with E-state index in [1.54, 1.807) is 13.0 Å². The van der Waals surface area contributed by atoms with Crippen LogP contribution in [0.2, 0.25) is 0 Å². The minimum atomic E-state index is -0.350. The molecule has 0 aliphatic carbocycles. The van der Waals surface area contributed by atoms with Gasteiger partial charge in [0.25, 0.3) is 0 Å². The second-order valence-corrected chi connectivity index (χ2v) is 3.94. The van der Waals surface area contributed by atoms with Gasteiger partial charge in [-0.2, -0.15) is 5.26 Å². The summed E-state index contributed by atoms with van der Waals surface area (Å²) in [7, 11) is 0. The van der Waals surface area contributed by atoms with Crippen LogP contribution < -0.4 is 0 Å². The first-order valence-corrected chi connectivity index (χ1v) is 6.21. The van der Waals surface area contributed by atoms with Crippen LogP contribution in [0.25, 0.3) is 0 Å². The van der Waals surface area contributed by atoms with Gasteiger partial charge in [-0.25, -0.2) is 0 Å². The zero-order valence-electron chi connectivity index (χ0n) is 9.36. The van der Waals surface area contributed by atoms with E-state index in [0.29, 0.717) is 23.1 Å². The van der Waals surface area contributed by atoms with Crippen LogP contribution in [0, 0.1) is 11.3 Å². The molecule has 0 aliphatic rings. The third-order valence-corrected chi connectivity index (χ3v) is 2.77. The monoisotopic (exact) mass is 297 g/mol. The Morgan fingerprint density at radius 3 is 2.82 bits per heavy atom. The summed E-state index contributed by atoms with van der Waals surface area (Å²) in [6, 6.07) is 5.05. The molecule has 90 valence electrons. The van der Waals surface area contributed by atoms with E-state index < -0.39 is 0 Å². The fourth-order valence-corrected chi connectivity index (χ4v) is 1.91. The van der Waals surface area contributed by atoms with Crippen LogP contribution in [-0.4, -0.2) is 17.7 Å². The number of nitriles is 1. The van der Waals surface area contributed by atoms with Crippen molar-refractivity contribution < 1.29 is 14.6 Å². The predicted molar refractivity (Wildman–Crippen MR) is 65.8 cm³/mol. The van der Waals surface area contributed by atoms with Crippen molar-refractivity contribution in [3.63, 3.8) is 0 Å². The highest BCUT2D eigenvalue weighted by molar-refractivity contribution is 9.08. The Kier molecular flexibility index (Phi) is 4.98. The number of phenols is 1. The molecule has 0 saturated heterocycles. The van der Waals surface area contributed by atoms with Gasteiger partial charge in [0.1, 0.15) is 11.8 Å². The van der Waals surface area contributed by atoms with Gasteiger partial charge in [-0.3, -0.25) is 4.79 Å². The molecule has 1 aromatic carbocycles. The lowest BCUT2D eigenvalue weighted by Crippen LogP contribution is -2.08. The molecule has 0 amide bonds. The van der Waals surface area contributed by atoms with E-state index in [4.69, 9.17) is 10.00 Å². The van der Waals surface area contributed by atoms with Crippen LogP contribution in [0.1, 0.15) is 23.6 Å². The third-order valence-electron chi connectivity index (χ3n) is 2.17.